The van der Waals surface area contributed by atoms with E-state index < -0.39 is 11.9 Å². The van der Waals surface area contributed by atoms with E-state index in [0.29, 0.717) is 36.9 Å². The highest BCUT2D eigenvalue weighted by atomic mass is 16.5. The average Bonchev–Trinajstić information content (AvgIpc) is 3.36. The summed E-state index contributed by atoms with van der Waals surface area (Å²) >= 11 is 0. The Morgan fingerprint density at radius 1 is 1.06 bits per heavy atom. The summed E-state index contributed by atoms with van der Waals surface area (Å²) in [5, 5.41) is 6.88. The van der Waals surface area contributed by atoms with E-state index in [1.165, 1.54) is 32.4 Å². The summed E-state index contributed by atoms with van der Waals surface area (Å²) < 4.78 is 14.9. The second-order valence-electron chi connectivity index (χ2n) is 8.22. The molecule has 0 spiro atoms. The zero-order chi connectivity index (χ0) is 24.8. The lowest BCUT2D eigenvalue weighted by Gasteiger charge is -2.30. The van der Waals surface area contributed by atoms with Crippen molar-refractivity contribution in [2.75, 3.05) is 32.6 Å². The van der Waals surface area contributed by atoms with Crippen molar-refractivity contribution < 1.29 is 28.4 Å². The number of amides is 1. The van der Waals surface area contributed by atoms with Crippen LogP contribution in [-0.2, 0) is 20.8 Å². The van der Waals surface area contributed by atoms with E-state index in [1.807, 2.05) is 30.3 Å². The molecule has 0 saturated carbocycles. The van der Waals surface area contributed by atoms with Gasteiger partial charge in [0.25, 0.3) is 0 Å². The maximum absolute atomic E-state index is 13.0. The molecule has 10 nitrogen and oxygen atoms in total. The van der Waals surface area contributed by atoms with Crippen molar-refractivity contribution in [1.82, 2.24) is 15.0 Å². The van der Waals surface area contributed by atoms with Crippen LogP contribution >= 0.6 is 0 Å². The van der Waals surface area contributed by atoms with Gasteiger partial charge in [0.05, 0.1) is 37.8 Å². The number of carbonyl (C=O) groups excluding carboxylic acids is 3. The maximum Gasteiger partial charge on any atom is 0.337 e. The summed E-state index contributed by atoms with van der Waals surface area (Å²) in [6, 6.07) is 13.9. The monoisotopic (exact) mass is 478 g/mol. The van der Waals surface area contributed by atoms with Crippen molar-refractivity contribution in [2.45, 2.75) is 19.4 Å². The number of aromatic nitrogens is 2. The molecular weight excluding hydrogens is 452 g/mol. The van der Waals surface area contributed by atoms with Crippen molar-refractivity contribution in [3.8, 4) is 11.4 Å². The Morgan fingerprint density at radius 2 is 1.74 bits per heavy atom. The van der Waals surface area contributed by atoms with Crippen LogP contribution in [0.4, 0.5) is 5.69 Å². The molecule has 0 aliphatic carbocycles. The lowest BCUT2D eigenvalue weighted by molar-refractivity contribution is -0.121. The van der Waals surface area contributed by atoms with E-state index in [-0.39, 0.29) is 23.0 Å². The first-order valence-electron chi connectivity index (χ1n) is 11.2. The Hall–Kier alpha value is -4.05. The number of carbonyl (C=O) groups is 3. The van der Waals surface area contributed by atoms with Crippen LogP contribution in [0.5, 0.6) is 0 Å². The molecule has 1 N–H and O–H groups in total. The van der Waals surface area contributed by atoms with E-state index in [4.69, 9.17) is 14.0 Å². The fourth-order valence-corrected chi connectivity index (χ4v) is 4.04. The second-order valence-corrected chi connectivity index (χ2v) is 8.22. The smallest absolute Gasteiger partial charge is 0.337 e. The Morgan fingerprint density at radius 3 is 2.40 bits per heavy atom. The number of piperidine rings is 1. The SMILES string of the molecule is COC(=O)c1cc(NC(=O)C2CCCN(Cc3nc(-c4ccccc4)no3)C2)cc(C(=O)OC)c1. The molecule has 4 rings (SSSR count). The Balaban J connectivity index is 1.42. The molecule has 1 saturated heterocycles. The predicted octanol–water partition coefficient (Wildman–Crippen LogP) is 3.16. The zero-order valence-corrected chi connectivity index (χ0v) is 19.5. The summed E-state index contributed by atoms with van der Waals surface area (Å²) in [4.78, 5) is 43.6. The molecule has 1 amide bonds. The van der Waals surface area contributed by atoms with Crippen molar-refractivity contribution in [3.63, 3.8) is 0 Å². The highest BCUT2D eigenvalue weighted by Gasteiger charge is 2.27. The normalized spacial score (nSPS) is 15.9. The lowest BCUT2D eigenvalue weighted by Crippen LogP contribution is -2.40. The average molecular weight is 479 g/mol. The molecule has 2 aromatic carbocycles. The standard InChI is InChI=1S/C25H26N4O6/c1-33-24(31)18-11-19(25(32)34-2)13-20(12-18)26-23(30)17-9-6-10-29(14-17)15-21-27-22(28-35-21)16-7-4-3-5-8-16/h3-5,7-8,11-13,17H,6,9-10,14-15H2,1-2H3,(H,26,30). The molecule has 1 aromatic heterocycles. The number of esters is 2. The van der Waals surface area contributed by atoms with Crippen molar-refractivity contribution in [2.24, 2.45) is 5.92 Å². The molecule has 0 radical (unpaired) electrons. The van der Waals surface area contributed by atoms with Crippen LogP contribution in [0.25, 0.3) is 11.4 Å². The summed E-state index contributed by atoms with van der Waals surface area (Å²) in [5.74, 6) is -0.724. The molecule has 35 heavy (non-hydrogen) atoms. The van der Waals surface area contributed by atoms with Gasteiger partial charge >= 0.3 is 11.9 Å². The number of likely N-dealkylation sites (tertiary alicyclic amines) is 1. The van der Waals surface area contributed by atoms with Gasteiger partial charge in [-0.15, -0.1) is 0 Å². The first kappa shape index (κ1) is 24.1. The van der Waals surface area contributed by atoms with Crippen LogP contribution in [0.15, 0.2) is 53.1 Å². The van der Waals surface area contributed by atoms with Crippen molar-refractivity contribution in [3.05, 3.63) is 65.5 Å². The maximum atomic E-state index is 13.0. The largest absolute Gasteiger partial charge is 0.465 e. The number of rotatable bonds is 7. The van der Waals surface area contributed by atoms with Gasteiger partial charge < -0.3 is 19.3 Å². The highest BCUT2D eigenvalue weighted by Crippen LogP contribution is 2.23. The van der Waals surface area contributed by atoms with Gasteiger partial charge in [-0.1, -0.05) is 35.5 Å². The molecule has 0 bridgehead atoms. The van der Waals surface area contributed by atoms with Crippen LogP contribution in [0.1, 0.15) is 39.4 Å². The fraction of sp³-hybridized carbons (Fsp3) is 0.320. The van der Waals surface area contributed by atoms with E-state index >= 15 is 0 Å². The molecule has 1 unspecified atom stereocenters. The summed E-state index contributed by atoms with van der Waals surface area (Å²) in [6.07, 6.45) is 1.54. The van der Waals surface area contributed by atoms with E-state index in [2.05, 4.69) is 20.4 Å². The quantitative estimate of drug-likeness (QED) is 0.510. The number of ether oxygens (including phenoxy) is 2. The van der Waals surface area contributed by atoms with Gasteiger partial charge in [-0.25, -0.2) is 9.59 Å². The molecule has 1 aliphatic heterocycles. The van der Waals surface area contributed by atoms with Gasteiger partial charge in [-0.2, -0.15) is 4.98 Å². The molecule has 182 valence electrons. The minimum Gasteiger partial charge on any atom is -0.465 e. The van der Waals surface area contributed by atoms with Gasteiger partial charge in [0.15, 0.2) is 0 Å². The first-order chi connectivity index (χ1) is 17.0. The summed E-state index contributed by atoms with van der Waals surface area (Å²) in [6.45, 7) is 1.75. The number of nitrogens with zero attached hydrogens (tertiary/aromatic N) is 3. The van der Waals surface area contributed by atoms with Gasteiger partial charge in [0, 0.05) is 17.8 Å². The van der Waals surface area contributed by atoms with Crippen LogP contribution < -0.4 is 5.32 Å². The van der Waals surface area contributed by atoms with Crippen molar-refractivity contribution in [1.29, 1.82) is 0 Å². The Bertz CT molecular complexity index is 1180. The van der Waals surface area contributed by atoms with Crippen molar-refractivity contribution >= 4 is 23.5 Å². The van der Waals surface area contributed by atoms with Gasteiger partial charge in [0.2, 0.25) is 17.6 Å². The highest BCUT2D eigenvalue weighted by molar-refractivity contribution is 6.00. The third-order valence-corrected chi connectivity index (χ3v) is 5.78. The zero-order valence-electron chi connectivity index (χ0n) is 19.5. The number of hydrogen-bond donors (Lipinski definition) is 1. The van der Waals surface area contributed by atoms with Crippen LogP contribution in [0, 0.1) is 5.92 Å². The van der Waals surface area contributed by atoms with Crippen LogP contribution in [0.2, 0.25) is 0 Å². The fourth-order valence-electron chi connectivity index (χ4n) is 4.04. The molecular formula is C25H26N4O6. The predicted molar refractivity (Wildman–Crippen MR) is 125 cm³/mol. The number of benzene rings is 2. The van der Waals surface area contributed by atoms with Gasteiger partial charge in [-0.05, 0) is 37.6 Å². The van der Waals surface area contributed by atoms with E-state index in [9.17, 15) is 14.4 Å². The first-order valence-corrected chi connectivity index (χ1v) is 11.2. The number of hydrogen-bond acceptors (Lipinski definition) is 9. The Labute approximate surface area is 202 Å². The Kier molecular flexibility index (Phi) is 7.51. The number of anilines is 1. The van der Waals surface area contributed by atoms with Crippen LogP contribution in [-0.4, -0.2) is 60.2 Å². The third kappa shape index (κ3) is 5.90. The lowest BCUT2D eigenvalue weighted by atomic mass is 9.97. The number of nitrogens with one attached hydrogen (secondary N) is 1. The number of methoxy groups -OCH3 is 2. The van der Waals surface area contributed by atoms with E-state index in [0.717, 1.165) is 18.5 Å². The molecule has 1 fully saturated rings. The summed E-state index contributed by atoms with van der Waals surface area (Å²) in [5.41, 5.74) is 1.47. The molecule has 1 aliphatic rings. The second kappa shape index (κ2) is 10.9. The summed E-state index contributed by atoms with van der Waals surface area (Å²) in [7, 11) is 2.49. The third-order valence-electron chi connectivity index (χ3n) is 5.78. The van der Waals surface area contributed by atoms with Crippen LogP contribution in [0.3, 0.4) is 0 Å². The minimum atomic E-state index is -0.621. The van der Waals surface area contributed by atoms with Gasteiger partial charge in [0.1, 0.15) is 0 Å². The van der Waals surface area contributed by atoms with Gasteiger partial charge in [-0.3, -0.25) is 9.69 Å². The topological polar surface area (TPSA) is 124 Å². The molecule has 1 atom stereocenters. The molecule has 3 aromatic rings. The minimum absolute atomic E-state index is 0.140. The molecule has 2 heterocycles. The van der Waals surface area contributed by atoms with E-state index in [1.54, 1.807) is 0 Å². The molecule has 10 heteroatoms.